The number of furan rings is 1. The Morgan fingerprint density at radius 2 is 1.84 bits per heavy atom. The SMILES string of the molecule is Cc1c(C(=O)OCC(=O)N(C)c2ccccc2)oc2c(Cl)cccc12. The zero-order chi connectivity index (χ0) is 18.0. The number of amides is 1. The number of hydrogen-bond donors (Lipinski definition) is 0. The molecular formula is C19H16ClNO4. The van der Waals surface area contributed by atoms with Crippen LogP contribution in [0.4, 0.5) is 5.69 Å². The third-order valence-corrected chi connectivity index (χ3v) is 4.24. The highest BCUT2D eigenvalue weighted by Crippen LogP contribution is 2.31. The second kappa shape index (κ2) is 6.99. The summed E-state index contributed by atoms with van der Waals surface area (Å²) in [5.74, 6) is -0.982. The largest absolute Gasteiger partial charge is 0.450 e. The Balaban J connectivity index is 1.72. The molecule has 3 rings (SSSR count). The number of carbonyl (C=O) groups is 2. The van der Waals surface area contributed by atoms with E-state index in [1.807, 2.05) is 24.3 Å². The number of fused-ring (bicyclic) bond motifs is 1. The zero-order valence-corrected chi connectivity index (χ0v) is 14.5. The zero-order valence-electron chi connectivity index (χ0n) is 13.8. The first kappa shape index (κ1) is 17.0. The highest BCUT2D eigenvalue weighted by Gasteiger charge is 2.22. The molecule has 25 heavy (non-hydrogen) atoms. The molecule has 0 saturated carbocycles. The van der Waals surface area contributed by atoms with Gasteiger partial charge < -0.3 is 14.1 Å². The summed E-state index contributed by atoms with van der Waals surface area (Å²) in [7, 11) is 1.62. The maximum absolute atomic E-state index is 12.3. The summed E-state index contributed by atoms with van der Waals surface area (Å²) in [4.78, 5) is 25.9. The third-order valence-electron chi connectivity index (χ3n) is 3.95. The Morgan fingerprint density at radius 3 is 2.52 bits per heavy atom. The van der Waals surface area contributed by atoms with Crippen molar-refractivity contribution in [3.05, 3.63) is 64.9 Å². The van der Waals surface area contributed by atoms with Gasteiger partial charge in [-0.2, -0.15) is 0 Å². The van der Waals surface area contributed by atoms with Gasteiger partial charge in [-0.05, 0) is 25.1 Å². The second-order valence-corrected chi connectivity index (χ2v) is 5.94. The predicted octanol–water partition coefficient (Wildman–Crippen LogP) is 4.21. The molecular weight excluding hydrogens is 342 g/mol. The molecule has 0 unspecified atom stereocenters. The Kier molecular flexibility index (Phi) is 4.76. The van der Waals surface area contributed by atoms with Crippen LogP contribution in [0.25, 0.3) is 11.0 Å². The van der Waals surface area contributed by atoms with Crippen LogP contribution in [-0.4, -0.2) is 25.5 Å². The van der Waals surface area contributed by atoms with E-state index in [1.54, 1.807) is 38.2 Å². The monoisotopic (exact) mass is 357 g/mol. The van der Waals surface area contributed by atoms with Crippen molar-refractivity contribution in [1.29, 1.82) is 0 Å². The van der Waals surface area contributed by atoms with E-state index in [-0.39, 0.29) is 18.3 Å². The molecule has 0 saturated heterocycles. The van der Waals surface area contributed by atoms with E-state index in [0.29, 0.717) is 16.2 Å². The summed E-state index contributed by atoms with van der Waals surface area (Å²) in [6, 6.07) is 14.4. The molecule has 0 fully saturated rings. The molecule has 1 amide bonds. The molecule has 3 aromatic rings. The van der Waals surface area contributed by atoms with Gasteiger partial charge in [-0.1, -0.05) is 41.9 Å². The molecule has 0 aliphatic carbocycles. The maximum atomic E-state index is 12.3. The number of nitrogens with zero attached hydrogens (tertiary/aromatic N) is 1. The molecule has 1 heterocycles. The van der Waals surface area contributed by atoms with Crippen LogP contribution in [-0.2, 0) is 9.53 Å². The number of ether oxygens (including phenoxy) is 1. The lowest BCUT2D eigenvalue weighted by Crippen LogP contribution is -2.31. The summed E-state index contributed by atoms with van der Waals surface area (Å²) >= 11 is 6.08. The van der Waals surface area contributed by atoms with Crippen LogP contribution >= 0.6 is 11.6 Å². The normalized spacial score (nSPS) is 10.7. The Labute approximate surface area is 149 Å². The van der Waals surface area contributed by atoms with Crippen LogP contribution in [0.5, 0.6) is 0 Å². The van der Waals surface area contributed by atoms with Gasteiger partial charge in [0.15, 0.2) is 12.2 Å². The topological polar surface area (TPSA) is 59.8 Å². The first-order chi connectivity index (χ1) is 12.0. The fourth-order valence-corrected chi connectivity index (χ4v) is 2.70. The van der Waals surface area contributed by atoms with Gasteiger partial charge in [-0.25, -0.2) is 4.79 Å². The number of aryl methyl sites for hydroxylation is 1. The summed E-state index contributed by atoms with van der Waals surface area (Å²) in [5, 5.41) is 1.16. The average molecular weight is 358 g/mol. The summed E-state index contributed by atoms with van der Waals surface area (Å²) in [5.41, 5.74) is 1.78. The van der Waals surface area contributed by atoms with Crippen LogP contribution in [0.3, 0.4) is 0 Å². The molecule has 6 heteroatoms. The molecule has 0 aliphatic heterocycles. The van der Waals surface area contributed by atoms with Crippen LogP contribution in [0, 0.1) is 6.92 Å². The minimum Gasteiger partial charge on any atom is -0.450 e. The van der Waals surface area contributed by atoms with E-state index < -0.39 is 5.97 Å². The van der Waals surface area contributed by atoms with Gasteiger partial charge in [-0.15, -0.1) is 0 Å². The Hall–Kier alpha value is -2.79. The van der Waals surface area contributed by atoms with Gasteiger partial charge in [-0.3, -0.25) is 4.79 Å². The van der Waals surface area contributed by atoms with E-state index >= 15 is 0 Å². The van der Waals surface area contributed by atoms with E-state index in [0.717, 1.165) is 11.1 Å². The number of esters is 1. The van der Waals surface area contributed by atoms with Crippen molar-refractivity contribution in [3.63, 3.8) is 0 Å². The van der Waals surface area contributed by atoms with Gasteiger partial charge in [0.2, 0.25) is 5.76 Å². The quantitative estimate of drug-likeness (QED) is 0.656. The molecule has 0 bridgehead atoms. The maximum Gasteiger partial charge on any atom is 0.375 e. The lowest BCUT2D eigenvalue weighted by molar-refractivity contribution is -0.121. The number of carbonyl (C=O) groups excluding carboxylic acids is 2. The van der Waals surface area contributed by atoms with Gasteiger partial charge >= 0.3 is 5.97 Å². The predicted molar refractivity (Wildman–Crippen MR) is 96.1 cm³/mol. The van der Waals surface area contributed by atoms with E-state index in [9.17, 15) is 9.59 Å². The van der Waals surface area contributed by atoms with Crippen molar-refractivity contribution in [2.24, 2.45) is 0 Å². The fraction of sp³-hybridized carbons (Fsp3) is 0.158. The van der Waals surface area contributed by atoms with Crippen molar-refractivity contribution >= 4 is 40.1 Å². The molecule has 5 nitrogen and oxygen atoms in total. The lowest BCUT2D eigenvalue weighted by atomic mass is 10.1. The fourth-order valence-electron chi connectivity index (χ4n) is 2.49. The van der Waals surface area contributed by atoms with Crippen molar-refractivity contribution in [3.8, 4) is 0 Å². The molecule has 2 aromatic carbocycles. The van der Waals surface area contributed by atoms with E-state index in [2.05, 4.69) is 0 Å². The van der Waals surface area contributed by atoms with Crippen LogP contribution < -0.4 is 4.90 Å². The number of likely N-dealkylation sites (N-methyl/N-ethyl adjacent to an activating group) is 1. The van der Waals surface area contributed by atoms with E-state index in [4.69, 9.17) is 20.8 Å². The summed E-state index contributed by atoms with van der Waals surface area (Å²) in [6.45, 7) is 1.37. The van der Waals surface area contributed by atoms with Crippen molar-refractivity contribution in [1.82, 2.24) is 0 Å². The smallest absolute Gasteiger partial charge is 0.375 e. The Morgan fingerprint density at radius 1 is 1.12 bits per heavy atom. The van der Waals surface area contributed by atoms with Gasteiger partial charge in [0, 0.05) is 23.7 Å². The average Bonchev–Trinajstić information content (AvgIpc) is 2.98. The molecule has 0 atom stereocenters. The van der Waals surface area contributed by atoms with Gasteiger partial charge in [0.05, 0.1) is 5.02 Å². The Bertz CT molecular complexity index is 933. The lowest BCUT2D eigenvalue weighted by Gasteiger charge is -2.16. The first-order valence-corrected chi connectivity index (χ1v) is 8.03. The number of rotatable bonds is 4. The van der Waals surface area contributed by atoms with Gasteiger partial charge in [0.25, 0.3) is 5.91 Å². The standard InChI is InChI=1S/C19H16ClNO4/c1-12-14-9-6-10-15(20)18(14)25-17(12)19(23)24-11-16(22)21(2)13-7-4-3-5-8-13/h3-10H,11H2,1-2H3. The van der Waals surface area contributed by atoms with Crippen molar-refractivity contribution < 1.29 is 18.7 Å². The number of halogens is 1. The number of hydrogen-bond acceptors (Lipinski definition) is 4. The molecule has 0 spiro atoms. The molecule has 0 N–H and O–H groups in total. The summed E-state index contributed by atoms with van der Waals surface area (Å²) < 4.78 is 10.7. The number of benzene rings is 2. The number of anilines is 1. The van der Waals surface area contributed by atoms with Crippen LogP contribution in [0.15, 0.2) is 52.9 Å². The number of para-hydroxylation sites is 2. The highest BCUT2D eigenvalue weighted by atomic mass is 35.5. The molecule has 0 radical (unpaired) electrons. The minimum absolute atomic E-state index is 0.0539. The molecule has 0 aliphatic rings. The van der Waals surface area contributed by atoms with Gasteiger partial charge in [0.1, 0.15) is 0 Å². The molecule has 1 aromatic heterocycles. The highest BCUT2D eigenvalue weighted by molar-refractivity contribution is 6.35. The molecule has 128 valence electrons. The van der Waals surface area contributed by atoms with Crippen molar-refractivity contribution in [2.75, 3.05) is 18.6 Å². The third kappa shape index (κ3) is 3.37. The minimum atomic E-state index is -0.695. The second-order valence-electron chi connectivity index (χ2n) is 5.54. The van der Waals surface area contributed by atoms with E-state index in [1.165, 1.54) is 4.90 Å². The van der Waals surface area contributed by atoms with Crippen LogP contribution in [0.1, 0.15) is 16.1 Å². The summed E-state index contributed by atoms with van der Waals surface area (Å²) in [6.07, 6.45) is 0. The van der Waals surface area contributed by atoms with Crippen LogP contribution in [0.2, 0.25) is 5.02 Å². The van der Waals surface area contributed by atoms with Crippen molar-refractivity contribution in [2.45, 2.75) is 6.92 Å². The first-order valence-electron chi connectivity index (χ1n) is 7.65.